The SMILES string of the molecule is Cc1ccc(NC(=O)COC(=O)COc2ccccc2F)cc1Br. The van der Waals surface area contributed by atoms with Crippen LogP contribution in [0.15, 0.2) is 46.9 Å². The second-order valence-corrected chi connectivity index (χ2v) is 5.75. The van der Waals surface area contributed by atoms with Crippen molar-refractivity contribution in [2.45, 2.75) is 6.92 Å². The monoisotopic (exact) mass is 395 g/mol. The third-order valence-electron chi connectivity index (χ3n) is 3.00. The zero-order valence-electron chi connectivity index (χ0n) is 12.8. The van der Waals surface area contributed by atoms with Gasteiger partial charge >= 0.3 is 5.97 Å². The number of hydrogen-bond donors (Lipinski definition) is 1. The van der Waals surface area contributed by atoms with Crippen LogP contribution in [0.5, 0.6) is 5.75 Å². The Labute approximate surface area is 146 Å². The van der Waals surface area contributed by atoms with Gasteiger partial charge in [0.2, 0.25) is 0 Å². The summed E-state index contributed by atoms with van der Waals surface area (Å²) < 4.78 is 23.9. The summed E-state index contributed by atoms with van der Waals surface area (Å²) in [5.41, 5.74) is 1.61. The number of amides is 1. The van der Waals surface area contributed by atoms with Crippen molar-refractivity contribution >= 4 is 33.5 Å². The Morgan fingerprint density at radius 2 is 1.92 bits per heavy atom. The van der Waals surface area contributed by atoms with Crippen LogP contribution in [0.2, 0.25) is 0 Å². The summed E-state index contributed by atoms with van der Waals surface area (Å²) in [7, 11) is 0. The molecule has 0 aliphatic carbocycles. The number of rotatable bonds is 6. The fourth-order valence-corrected chi connectivity index (χ4v) is 2.13. The van der Waals surface area contributed by atoms with Crippen LogP contribution in [0.3, 0.4) is 0 Å². The number of esters is 1. The molecule has 0 radical (unpaired) electrons. The number of anilines is 1. The first-order valence-corrected chi connectivity index (χ1v) is 7.84. The van der Waals surface area contributed by atoms with E-state index in [2.05, 4.69) is 21.2 Å². The summed E-state index contributed by atoms with van der Waals surface area (Å²) in [5.74, 6) is -1.88. The van der Waals surface area contributed by atoms with Crippen LogP contribution in [-0.4, -0.2) is 25.1 Å². The molecule has 2 aromatic rings. The minimum Gasteiger partial charge on any atom is -0.479 e. The average molecular weight is 396 g/mol. The molecule has 0 unspecified atom stereocenters. The number of para-hydroxylation sites is 1. The first-order valence-electron chi connectivity index (χ1n) is 7.04. The molecular formula is C17H15BrFNO4. The van der Waals surface area contributed by atoms with Crippen molar-refractivity contribution in [1.82, 2.24) is 0 Å². The van der Waals surface area contributed by atoms with Crippen molar-refractivity contribution in [2.75, 3.05) is 18.5 Å². The predicted molar refractivity (Wildman–Crippen MR) is 90.4 cm³/mol. The zero-order chi connectivity index (χ0) is 17.5. The number of halogens is 2. The van der Waals surface area contributed by atoms with E-state index in [0.717, 1.165) is 10.0 Å². The molecule has 0 atom stereocenters. The Morgan fingerprint density at radius 1 is 1.17 bits per heavy atom. The van der Waals surface area contributed by atoms with Gasteiger partial charge in [0.25, 0.3) is 5.91 Å². The normalized spacial score (nSPS) is 10.1. The van der Waals surface area contributed by atoms with E-state index in [0.29, 0.717) is 5.69 Å². The predicted octanol–water partition coefficient (Wildman–Crippen LogP) is 3.46. The molecular weight excluding hydrogens is 381 g/mol. The van der Waals surface area contributed by atoms with Crippen molar-refractivity contribution in [3.05, 3.63) is 58.3 Å². The Bertz CT molecular complexity index is 751. The number of aryl methyl sites for hydroxylation is 1. The molecule has 0 aromatic heterocycles. The molecule has 2 rings (SSSR count). The minimum absolute atomic E-state index is 0.0524. The molecule has 0 spiro atoms. The molecule has 2 aromatic carbocycles. The van der Waals surface area contributed by atoms with Gasteiger partial charge in [-0.2, -0.15) is 0 Å². The van der Waals surface area contributed by atoms with E-state index in [9.17, 15) is 14.0 Å². The lowest BCUT2D eigenvalue weighted by molar-refractivity contribution is -0.149. The van der Waals surface area contributed by atoms with Crippen LogP contribution < -0.4 is 10.1 Å². The van der Waals surface area contributed by atoms with Crippen LogP contribution in [-0.2, 0) is 14.3 Å². The van der Waals surface area contributed by atoms with E-state index >= 15 is 0 Å². The summed E-state index contributed by atoms with van der Waals surface area (Å²) in [6.07, 6.45) is 0. The fraction of sp³-hybridized carbons (Fsp3) is 0.176. The molecule has 0 saturated heterocycles. The highest BCUT2D eigenvalue weighted by molar-refractivity contribution is 9.10. The number of ether oxygens (including phenoxy) is 2. The molecule has 5 nitrogen and oxygen atoms in total. The van der Waals surface area contributed by atoms with E-state index in [1.807, 2.05) is 13.0 Å². The van der Waals surface area contributed by atoms with E-state index in [-0.39, 0.29) is 5.75 Å². The molecule has 0 aliphatic heterocycles. The molecule has 0 saturated carbocycles. The second kappa shape index (κ2) is 8.44. The average Bonchev–Trinajstić information content (AvgIpc) is 2.55. The number of hydrogen-bond acceptors (Lipinski definition) is 4. The fourth-order valence-electron chi connectivity index (χ4n) is 1.75. The first kappa shape index (κ1) is 17.9. The maximum absolute atomic E-state index is 13.3. The lowest BCUT2D eigenvalue weighted by Crippen LogP contribution is -2.23. The standard InChI is InChI=1S/C17H15BrFNO4/c1-11-6-7-12(8-13(11)18)20-16(21)9-24-17(22)10-23-15-5-3-2-4-14(15)19/h2-8H,9-10H2,1H3,(H,20,21). The quantitative estimate of drug-likeness (QED) is 0.760. The molecule has 0 aliphatic rings. The molecule has 0 fully saturated rings. The number of benzene rings is 2. The molecule has 1 amide bonds. The van der Waals surface area contributed by atoms with Gasteiger partial charge in [-0.15, -0.1) is 0 Å². The van der Waals surface area contributed by atoms with Crippen LogP contribution >= 0.6 is 15.9 Å². The van der Waals surface area contributed by atoms with Crippen molar-refractivity contribution in [3.8, 4) is 5.75 Å². The van der Waals surface area contributed by atoms with Gasteiger partial charge in [0.15, 0.2) is 24.8 Å². The largest absolute Gasteiger partial charge is 0.479 e. The molecule has 1 N–H and O–H groups in total. The number of carbonyl (C=O) groups excluding carboxylic acids is 2. The lowest BCUT2D eigenvalue weighted by atomic mass is 10.2. The first-order chi connectivity index (χ1) is 11.5. The highest BCUT2D eigenvalue weighted by Crippen LogP contribution is 2.20. The van der Waals surface area contributed by atoms with E-state index in [1.54, 1.807) is 18.2 Å². The third-order valence-corrected chi connectivity index (χ3v) is 3.86. The van der Waals surface area contributed by atoms with E-state index < -0.39 is 30.9 Å². The Kier molecular flexibility index (Phi) is 6.31. The van der Waals surface area contributed by atoms with Crippen molar-refractivity contribution in [3.63, 3.8) is 0 Å². The smallest absolute Gasteiger partial charge is 0.344 e. The Morgan fingerprint density at radius 3 is 2.62 bits per heavy atom. The van der Waals surface area contributed by atoms with E-state index in [4.69, 9.17) is 9.47 Å². The highest BCUT2D eigenvalue weighted by Gasteiger charge is 2.10. The van der Waals surface area contributed by atoms with Gasteiger partial charge in [-0.3, -0.25) is 4.79 Å². The molecule has 7 heteroatoms. The number of carbonyl (C=O) groups is 2. The summed E-state index contributed by atoms with van der Waals surface area (Å²) in [5, 5.41) is 2.60. The Balaban J connectivity index is 1.76. The van der Waals surface area contributed by atoms with Gasteiger partial charge in [0, 0.05) is 10.2 Å². The maximum Gasteiger partial charge on any atom is 0.344 e. The van der Waals surface area contributed by atoms with Crippen LogP contribution in [0.25, 0.3) is 0 Å². The number of nitrogens with one attached hydrogen (secondary N) is 1. The van der Waals surface area contributed by atoms with Gasteiger partial charge in [0.05, 0.1) is 0 Å². The van der Waals surface area contributed by atoms with Crippen molar-refractivity contribution in [2.24, 2.45) is 0 Å². The zero-order valence-corrected chi connectivity index (χ0v) is 14.4. The van der Waals surface area contributed by atoms with Crippen LogP contribution in [0, 0.1) is 12.7 Å². The Hall–Kier alpha value is -2.41. The van der Waals surface area contributed by atoms with Crippen molar-refractivity contribution < 1.29 is 23.5 Å². The second-order valence-electron chi connectivity index (χ2n) is 4.89. The van der Waals surface area contributed by atoms with Gasteiger partial charge in [-0.1, -0.05) is 34.1 Å². The summed E-state index contributed by atoms with van der Waals surface area (Å²) in [4.78, 5) is 23.3. The van der Waals surface area contributed by atoms with Gasteiger partial charge in [-0.05, 0) is 36.8 Å². The summed E-state index contributed by atoms with van der Waals surface area (Å²) >= 11 is 3.36. The van der Waals surface area contributed by atoms with Gasteiger partial charge in [0.1, 0.15) is 0 Å². The molecule has 0 heterocycles. The maximum atomic E-state index is 13.3. The van der Waals surface area contributed by atoms with Gasteiger partial charge < -0.3 is 14.8 Å². The van der Waals surface area contributed by atoms with Crippen molar-refractivity contribution in [1.29, 1.82) is 0 Å². The van der Waals surface area contributed by atoms with E-state index in [1.165, 1.54) is 18.2 Å². The summed E-state index contributed by atoms with van der Waals surface area (Å²) in [6.45, 7) is 0.988. The minimum atomic E-state index is -0.765. The topological polar surface area (TPSA) is 64.6 Å². The molecule has 24 heavy (non-hydrogen) atoms. The third kappa shape index (κ3) is 5.34. The lowest BCUT2D eigenvalue weighted by Gasteiger charge is -2.09. The molecule has 0 bridgehead atoms. The summed E-state index contributed by atoms with van der Waals surface area (Å²) in [6, 6.07) is 11.0. The highest BCUT2D eigenvalue weighted by atomic mass is 79.9. The molecule has 126 valence electrons. The van der Waals surface area contributed by atoms with Crippen LogP contribution in [0.1, 0.15) is 5.56 Å². The van der Waals surface area contributed by atoms with Crippen LogP contribution in [0.4, 0.5) is 10.1 Å². The van der Waals surface area contributed by atoms with Gasteiger partial charge in [-0.25, -0.2) is 9.18 Å².